The Kier molecular flexibility index (Phi) is 6.48. The Labute approximate surface area is 156 Å². The Bertz CT molecular complexity index is 794. The van der Waals surface area contributed by atoms with Crippen LogP contribution in [0.4, 0.5) is 0 Å². The van der Waals surface area contributed by atoms with Crippen molar-refractivity contribution in [2.45, 2.75) is 13.0 Å². The van der Waals surface area contributed by atoms with Crippen LogP contribution in [0.3, 0.4) is 0 Å². The van der Waals surface area contributed by atoms with Crippen LogP contribution >= 0.6 is 23.2 Å². The molecular weight excluding hydrogens is 387 g/mol. The van der Waals surface area contributed by atoms with Gasteiger partial charge in [0.15, 0.2) is 9.84 Å². The number of carbonyl (C=O) groups is 2. The van der Waals surface area contributed by atoms with E-state index in [0.717, 1.165) is 0 Å². The molecule has 0 spiro atoms. The second-order valence-electron chi connectivity index (χ2n) is 5.71. The quantitative estimate of drug-likeness (QED) is 0.774. The van der Waals surface area contributed by atoms with Gasteiger partial charge in [-0.2, -0.15) is 0 Å². The maximum Gasteiger partial charge on any atom is 0.244 e. The van der Waals surface area contributed by atoms with Crippen molar-refractivity contribution in [1.29, 1.82) is 0 Å². The first-order valence-corrected chi connectivity index (χ1v) is 10.2. The third kappa shape index (κ3) is 5.73. The first-order chi connectivity index (χ1) is 11.7. The van der Waals surface area contributed by atoms with Crippen LogP contribution in [-0.4, -0.2) is 55.8 Å². The van der Waals surface area contributed by atoms with Crippen molar-refractivity contribution >= 4 is 50.9 Å². The number of halogens is 2. The van der Waals surface area contributed by atoms with Gasteiger partial charge in [-0.05, 0) is 30.7 Å². The lowest BCUT2D eigenvalue weighted by atomic mass is 10.2. The number of rotatable bonds is 4. The highest BCUT2D eigenvalue weighted by Crippen LogP contribution is 2.23. The molecule has 2 rings (SSSR count). The summed E-state index contributed by atoms with van der Waals surface area (Å²) in [5, 5.41) is 3.37. The molecule has 136 valence electrons. The summed E-state index contributed by atoms with van der Waals surface area (Å²) in [4.78, 5) is 25.7. The summed E-state index contributed by atoms with van der Waals surface area (Å²) in [6.07, 6.45) is 2.85. The van der Waals surface area contributed by atoms with Crippen molar-refractivity contribution in [3.8, 4) is 0 Å². The number of hydrogen-bond donors (Lipinski definition) is 1. The van der Waals surface area contributed by atoms with E-state index in [9.17, 15) is 18.0 Å². The maximum absolute atomic E-state index is 12.3. The summed E-state index contributed by atoms with van der Waals surface area (Å²) >= 11 is 11.7. The van der Waals surface area contributed by atoms with E-state index in [1.54, 1.807) is 31.2 Å². The summed E-state index contributed by atoms with van der Waals surface area (Å²) in [5.74, 6) is -0.824. The minimum atomic E-state index is -3.06. The molecule has 1 unspecified atom stereocenters. The molecule has 0 radical (unpaired) electrons. The van der Waals surface area contributed by atoms with E-state index in [1.165, 1.54) is 11.0 Å². The van der Waals surface area contributed by atoms with Gasteiger partial charge in [0.2, 0.25) is 11.8 Å². The second-order valence-corrected chi connectivity index (χ2v) is 8.83. The topological polar surface area (TPSA) is 83.6 Å². The first-order valence-electron chi connectivity index (χ1n) is 7.61. The highest BCUT2D eigenvalue weighted by molar-refractivity contribution is 7.91. The van der Waals surface area contributed by atoms with Crippen LogP contribution in [0.2, 0.25) is 10.0 Å². The lowest BCUT2D eigenvalue weighted by molar-refractivity contribution is -0.134. The smallest absolute Gasteiger partial charge is 0.244 e. The predicted molar refractivity (Wildman–Crippen MR) is 98.3 cm³/mol. The van der Waals surface area contributed by atoms with Gasteiger partial charge in [0, 0.05) is 19.2 Å². The van der Waals surface area contributed by atoms with Gasteiger partial charge >= 0.3 is 0 Å². The molecule has 1 atom stereocenters. The SMILES string of the molecule is CC(NC(=O)C=Cc1ccc(Cl)c(Cl)c1)C(=O)N1CCS(=O)(=O)CC1. The number of nitrogens with zero attached hydrogens (tertiary/aromatic N) is 1. The van der Waals surface area contributed by atoms with Gasteiger partial charge in [0.05, 0.1) is 21.6 Å². The van der Waals surface area contributed by atoms with Crippen molar-refractivity contribution in [2.24, 2.45) is 0 Å². The molecule has 6 nitrogen and oxygen atoms in total. The average Bonchev–Trinajstić information content (AvgIpc) is 2.55. The second kappa shape index (κ2) is 8.21. The Hall–Kier alpha value is -1.57. The fraction of sp³-hybridized carbons (Fsp3) is 0.375. The zero-order valence-electron chi connectivity index (χ0n) is 13.5. The van der Waals surface area contributed by atoms with E-state index in [1.807, 2.05) is 0 Å². The summed E-state index contributed by atoms with van der Waals surface area (Å²) in [6.45, 7) is 1.87. The molecule has 1 heterocycles. The van der Waals surface area contributed by atoms with Crippen LogP contribution in [0, 0.1) is 0 Å². The third-order valence-corrected chi connectivity index (χ3v) is 6.10. The standard InChI is InChI=1S/C16H18Cl2N2O4S/c1-11(16(22)20-6-8-25(23,24)9-7-20)19-15(21)5-3-12-2-4-13(17)14(18)10-12/h2-5,10-11H,6-9H2,1H3,(H,19,21). The van der Waals surface area contributed by atoms with Crippen molar-refractivity contribution in [3.05, 3.63) is 39.9 Å². The maximum atomic E-state index is 12.3. The van der Waals surface area contributed by atoms with Crippen molar-refractivity contribution < 1.29 is 18.0 Å². The monoisotopic (exact) mass is 404 g/mol. The minimum absolute atomic E-state index is 0.0450. The van der Waals surface area contributed by atoms with Crippen molar-refractivity contribution in [1.82, 2.24) is 10.2 Å². The lowest BCUT2D eigenvalue weighted by Gasteiger charge is -2.29. The molecule has 25 heavy (non-hydrogen) atoms. The summed E-state index contributed by atoms with van der Waals surface area (Å²) in [6, 6.07) is 4.21. The Morgan fingerprint density at radius 2 is 1.84 bits per heavy atom. The van der Waals surface area contributed by atoms with Gasteiger partial charge in [-0.15, -0.1) is 0 Å². The molecule has 2 amide bonds. The first kappa shape index (κ1) is 19.8. The predicted octanol–water partition coefficient (Wildman–Crippen LogP) is 1.77. The summed E-state index contributed by atoms with van der Waals surface area (Å²) in [7, 11) is -3.06. The number of amides is 2. The summed E-state index contributed by atoms with van der Waals surface area (Å²) in [5.41, 5.74) is 0.699. The fourth-order valence-electron chi connectivity index (χ4n) is 2.32. The van der Waals surface area contributed by atoms with Crippen LogP contribution in [0.15, 0.2) is 24.3 Å². The van der Waals surface area contributed by atoms with E-state index in [4.69, 9.17) is 23.2 Å². The molecule has 0 saturated carbocycles. The number of carbonyl (C=O) groups excluding carboxylic acids is 2. The molecule has 1 fully saturated rings. The molecule has 9 heteroatoms. The largest absolute Gasteiger partial charge is 0.341 e. The Morgan fingerprint density at radius 1 is 1.20 bits per heavy atom. The van der Waals surface area contributed by atoms with E-state index in [-0.39, 0.29) is 30.5 Å². The van der Waals surface area contributed by atoms with E-state index in [2.05, 4.69) is 5.32 Å². The molecule has 1 aromatic carbocycles. The number of sulfone groups is 1. The number of benzene rings is 1. The van der Waals surface area contributed by atoms with E-state index >= 15 is 0 Å². The van der Waals surface area contributed by atoms with Gasteiger partial charge in [-0.3, -0.25) is 9.59 Å². The molecule has 1 aliphatic rings. The molecule has 0 bridgehead atoms. The van der Waals surface area contributed by atoms with Gasteiger partial charge < -0.3 is 10.2 Å². The zero-order chi connectivity index (χ0) is 18.6. The molecule has 1 aromatic rings. The zero-order valence-corrected chi connectivity index (χ0v) is 15.9. The Balaban J connectivity index is 1.89. The van der Waals surface area contributed by atoms with Crippen LogP contribution < -0.4 is 5.32 Å². The average molecular weight is 405 g/mol. The third-order valence-electron chi connectivity index (χ3n) is 3.76. The highest BCUT2D eigenvalue weighted by atomic mass is 35.5. The van der Waals surface area contributed by atoms with Gasteiger partial charge in [0.1, 0.15) is 6.04 Å². The van der Waals surface area contributed by atoms with E-state index in [0.29, 0.717) is 15.6 Å². The highest BCUT2D eigenvalue weighted by Gasteiger charge is 2.28. The lowest BCUT2D eigenvalue weighted by Crippen LogP contribution is -2.51. The van der Waals surface area contributed by atoms with Crippen LogP contribution in [0.5, 0.6) is 0 Å². The van der Waals surface area contributed by atoms with E-state index < -0.39 is 21.8 Å². The van der Waals surface area contributed by atoms with Gasteiger partial charge in [-0.25, -0.2) is 8.42 Å². The van der Waals surface area contributed by atoms with Crippen LogP contribution in [0.25, 0.3) is 6.08 Å². The van der Waals surface area contributed by atoms with Crippen molar-refractivity contribution in [3.63, 3.8) is 0 Å². The Morgan fingerprint density at radius 3 is 2.44 bits per heavy atom. The number of hydrogen-bond acceptors (Lipinski definition) is 4. The minimum Gasteiger partial charge on any atom is -0.341 e. The van der Waals surface area contributed by atoms with Gasteiger partial charge in [-0.1, -0.05) is 29.3 Å². The number of nitrogens with one attached hydrogen (secondary N) is 1. The normalized spacial score (nSPS) is 18.1. The van der Waals surface area contributed by atoms with Crippen molar-refractivity contribution in [2.75, 3.05) is 24.6 Å². The molecule has 1 N–H and O–H groups in total. The molecule has 0 aromatic heterocycles. The van der Waals surface area contributed by atoms with Crippen LogP contribution in [-0.2, 0) is 19.4 Å². The fourth-order valence-corrected chi connectivity index (χ4v) is 3.83. The molecular formula is C16H18Cl2N2O4S. The summed E-state index contributed by atoms with van der Waals surface area (Å²) < 4.78 is 22.8. The van der Waals surface area contributed by atoms with Gasteiger partial charge in [0.25, 0.3) is 0 Å². The van der Waals surface area contributed by atoms with Crippen LogP contribution in [0.1, 0.15) is 12.5 Å². The molecule has 1 aliphatic heterocycles. The molecule has 1 saturated heterocycles. The molecule has 0 aliphatic carbocycles.